The zero-order chi connectivity index (χ0) is 20.1. The van der Waals surface area contributed by atoms with Gasteiger partial charge in [0.05, 0.1) is 25.4 Å². The van der Waals surface area contributed by atoms with Gasteiger partial charge >= 0.3 is 0 Å². The van der Waals surface area contributed by atoms with E-state index in [9.17, 15) is 4.79 Å². The number of benzene rings is 2. The van der Waals surface area contributed by atoms with Gasteiger partial charge in [-0.1, -0.05) is 50.2 Å². The van der Waals surface area contributed by atoms with E-state index in [0.29, 0.717) is 13.0 Å². The molecule has 0 aromatic heterocycles. The second-order valence-electron chi connectivity index (χ2n) is 7.05. The third-order valence-electron chi connectivity index (χ3n) is 5.37. The number of rotatable bonds is 7. The standard InChI is InChI=1S/C23H29N3O2/c1-5-25(6-2)16-23(27)26-22(20-13-8-7-10-17(20)3)15-21(24-26)18-11-9-12-19(14-18)28-4/h7-14,22H,5-6,15-16H2,1-4H3/t22-/m0/s1. The van der Waals surface area contributed by atoms with Crippen LogP contribution in [0.1, 0.15) is 43.0 Å². The van der Waals surface area contributed by atoms with Crippen molar-refractivity contribution >= 4 is 11.6 Å². The molecule has 0 saturated carbocycles. The Kier molecular flexibility index (Phi) is 6.47. The number of amides is 1. The van der Waals surface area contributed by atoms with E-state index in [0.717, 1.165) is 35.7 Å². The minimum absolute atomic E-state index is 0.0369. The number of hydrogen-bond donors (Lipinski definition) is 0. The summed E-state index contributed by atoms with van der Waals surface area (Å²) in [4.78, 5) is 15.2. The molecule has 28 heavy (non-hydrogen) atoms. The molecule has 1 aliphatic rings. The van der Waals surface area contributed by atoms with E-state index < -0.39 is 0 Å². The molecule has 2 aromatic carbocycles. The van der Waals surface area contributed by atoms with E-state index >= 15 is 0 Å². The van der Waals surface area contributed by atoms with Crippen LogP contribution in [0.2, 0.25) is 0 Å². The molecule has 148 valence electrons. The average molecular weight is 380 g/mol. The minimum atomic E-state index is -0.0783. The van der Waals surface area contributed by atoms with Crippen LogP contribution >= 0.6 is 0 Å². The topological polar surface area (TPSA) is 45.1 Å². The summed E-state index contributed by atoms with van der Waals surface area (Å²) in [6.45, 7) is 8.31. The number of hydrogen-bond acceptors (Lipinski definition) is 4. The predicted molar refractivity (Wildman–Crippen MR) is 113 cm³/mol. The third-order valence-corrected chi connectivity index (χ3v) is 5.37. The fraction of sp³-hybridized carbons (Fsp3) is 0.391. The largest absolute Gasteiger partial charge is 0.497 e. The SMILES string of the molecule is CCN(CC)CC(=O)N1N=C(c2cccc(OC)c2)C[C@H]1c1ccccc1C. The first-order chi connectivity index (χ1) is 13.6. The molecule has 0 radical (unpaired) electrons. The van der Waals surface area contributed by atoms with E-state index in [1.54, 1.807) is 12.1 Å². The van der Waals surface area contributed by atoms with Gasteiger partial charge in [-0.3, -0.25) is 9.69 Å². The highest BCUT2D eigenvalue weighted by atomic mass is 16.5. The Morgan fingerprint density at radius 3 is 2.61 bits per heavy atom. The summed E-state index contributed by atoms with van der Waals surface area (Å²) in [5.41, 5.74) is 4.24. The zero-order valence-corrected chi connectivity index (χ0v) is 17.2. The highest BCUT2D eigenvalue weighted by Crippen LogP contribution is 2.35. The molecule has 2 aromatic rings. The van der Waals surface area contributed by atoms with Crippen LogP contribution in [0.3, 0.4) is 0 Å². The van der Waals surface area contributed by atoms with E-state index in [2.05, 4.69) is 37.8 Å². The number of hydrazone groups is 1. The zero-order valence-electron chi connectivity index (χ0n) is 17.2. The van der Waals surface area contributed by atoms with Crippen molar-refractivity contribution in [2.24, 2.45) is 5.10 Å². The molecule has 0 saturated heterocycles. The quantitative estimate of drug-likeness (QED) is 0.730. The van der Waals surface area contributed by atoms with Gasteiger partial charge in [-0.2, -0.15) is 5.10 Å². The van der Waals surface area contributed by atoms with Crippen LogP contribution in [0, 0.1) is 6.92 Å². The first kappa shape index (κ1) is 20.1. The van der Waals surface area contributed by atoms with Crippen LogP contribution in [0.5, 0.6) is 5.75 Å². The second-order valence-corrected chi connectivity index (χ2v) is 7.05. The number of aryl methyl sites for hydroxylation is 1. The van der Waals surface area contributed by atoms with E-state index in [-0.39, 0.29) is 11.9 Å². The molecule has 1 amide bonds. The third kappa shape index (κ3) is 4.25. The van der Waals surface area contributed by atoms with Gasteiger partial charge in [-0.15, -0.1) is 0 Å². The van der Waals surface area contributed by atoms with Gasteiger partial charge in [0, 0.05) is 12.0 Å². The molecule has 1 heterocycles. The van der Waals surface area contributed by atoms with Crippen LogP contribution in [-0.4, -0.2) is 48.3 Å². The molecule has 0 fully saturated rings. The number of methoxy groups -OCH3 is 1. The van der Waals surface area contributed by atoms with Crippen molar-refractivity contribution in [2.75, 3.05) is 26.7 Å². The number of nitrogens with zero attached hydrogens (tertiary/aromatic N) is 3. The van der Waals surface area contributed by atoms with E-state index in [1.165, 1.54) is 5.56 Å². The summed E-state index contributed by atoms with van der Waals surface area (Å²) >= 11 is 0. The molecule has 3 rings (SSSR count). The van der Waals surface area contributed by atoms with E-state index in [4.69, 9.17) is 9.84 Å². The Labute approximate surface area is 167 Å². The van der Waals surface area contributed by atoms with Gasteiger partial charge in [0.1, 0.15) is 5.75 Å². The molecule has 1 aliphatic heterocycles. The lowest BCUT2D eigenvalue weighted by Gasteiger charge is -2.26. The Hall–Kier alpha value is -2.66. The smallest absolute Gasteiger partial charge is 0.257 e. The molecule has 0 spiro atoms. The number of likely N-dealkylation sites (N-methyl/N-ethyl adjacent to an activating group) is 1. The van der Waals surface area contributed by atoms with Gasteiger partial charge in [0.25, 0.3) is 5.91 Å². The minimum Gasteiger partial charge on any atom is -0.497 e. The summed E-state index contributed by atoms with van der Waals surface area (Å²) in [6, 6.07) is 16.0. The fourth-order valence-corrected chi connectivity index (χ4v) is 3.63. The van der Waals surface area contributed by atoms with Crippen molar-refractivity contribution in [2.45, 2.75) is 33.2 Å². The first-order valence-corrected chi connectivity index (χ1v) is 9.89. The van der Waals surface area contributed by atoms with Gasteiger partial charge in [0.2, 0.25) is 0 Å². The van der Waals surface area contributed by atoms with Crippen LogP contribution in [0.15, 0.2) is 53.6 Å². The van der Waals surface area contributed by atoms with Crippen LogP contribution < -0.4 is 4.74 Å². The summed E-state index contributed by atoms with van der Waals surface area (Å²) < 4.78 is 5.36. The molecule has 0 aliphatic carbocycles. The molecular weight excluding hydrogens is 350 g/mol. The van der Waals surface area contributed by atoms with Gasteiger partial charge in [-0.05, 0) is 43.3 Å². The number of carbonyl (C=O) groups is 1. The highest BCUT2D eigenvalue weighted by molar-refractivity contribution is 6.03. The highest BCUT2D eigenvalue weighted by Gasteiger charge is 2.34. The Morgan fingerprint density at radius 2 is 1.93 bits per heavy atom. The van der Waals surface area contributed by atoms with Gasteiger partial charge in [0.15, 0.2) is 0 Å². The maximum absolute atomic E-state index is 13.1. The van der Waals surface area contributed by atoms with Crippen molar-refractivity contribution < 1.29 is 9.53 Å². The van der Waals surface area contributed by atoms with Crippen molar-refractivity contribution in [3.8, 4) is 5.75 Å². The summed E-state index contributed by atoms with van der Waals surface area (Å²) in [6.07, 6.45) is 0.696. The molecule has 5 nitrogen and oxygen atoms in total. The average Bonchev–Trinajstić information content (AvgIpc) is 3.17. The lowest BCUT2D eigenvalue weighted by Crippen LogP contribution is -2.38. The second kappa shape index (κ2) is 9.02. The summed E-state index contributed by atoms with van der Waals surface area (Å²) in [5.74, 6) is 0.829. The van der Waals surface area contributed by atoms with Crippen molar-refractivity contribution in [3.63, 3.8) is 0 Å². The molecule has 0 bridgehead atoms. The summed E-state index contributed by atoms with van der Waals surface area (Å²) in [7, 11) is 1.66. The molecule has 0 unspecified atom stereocenters. The van der Waals surface area contributed by atoms with Crippen LogP contribution in [-0.2, 0) is 4.79 Å². The predicted octanol–water partition coefficient (Wildman–Crippen LogP) is 4.02. The fourth-order valence-electron chi connectivity index (χ4n) is 3.63. The molecule has 1 atom stereocenters. The lowest BCUT2D eigenvalue weighted by atomic mass is 9.95. The Morgan fingerprint density at radius 1 is 1.18 bits per heavy atom. The maximum atomic E-state index is 13.1. The maximum Gasteiger partial charge on any atom is 0.257 e. The van der Waals surface area contributed by atoms with Crippen molar-refractivity contribution in [1.82, 2.24) is 9.91 Å². The van der Waals surface area contributed by atoms with Crippen molar-refractivity contribution in [1.29, 1.82) is 0 Å². The van der Waals surface area contributed by atoms with Crippen LogP contribution in [0.25, 0.3) is 0 Å². The van der Waals surface area contributed by atoms with E-state index in [1.807, 2.05) is 36.4 Å². The molecule has 0 N–H and O–H groups in total. The van der Waals surface area contributed by atoms with Crippen LogP contribution in [0.4, 0.5) is 0 Å². The molecule has 5 heteroatoms. The van der Waals surface area contributed by atoms with Gasteiger partial charge in [-0.25, -0.2) is 5.01 Å². The Balaban J connectivity index is 1.95. The number of carbonyl (C=O) groups excluding carboxylic acids is 1. The van der Waals surface area contributed by atoms with Crippen molar-refractivity contribution in [3.05, 3.63) is 65.2 Å². The summed E-state index contributed by atoms with van der Waals surface area (Å²) in [5, 5.41) is 6.46. The normalized spacial score (nSPS) is 16.4. The first-order valence-electron chi connectivity index (χ1n) is 9.89. The monoisotopic (exact) mass is 379 g/mol. The Bertz CT molecular complexity index is 858. The lowest BCUT2D eigenvalue weighted by molar-refractivity contribution is -0.134. The molecular formula is C23H29N3O2. The number of ether oxygens (including phenoxy) is 1. The van der Waals surface area contributed by atoms with Gasteiger partial charge < -0.3 is 4.74 Å².